The van der Waals surface area contributed by atoms with Crippen LogP contribution in [0.3, 0.4) is 0 Å². The maximum Gasteiger partial charge on any atom is 0.318 e. The molecule has 0 aliphatic carbocycles. The van der Waals surface area contributed by atoms with E-state index < -0.39 is 29.7 Å². The second kappa shape index (κ2) is 5.24. The van der Waals surface area contributed by atoms with E-state index in [2.05, 4.69) is 0 Å². The molecule has 0 heterocycles. The number of nitrogens with two attached hydrogens (primary N) is 1. The van der Waals surface area contributed by atoms with Gasteiger partial charge in [-0.2, -0.15) is 0 Å². The largest absolute Gasteiger partial charge is 0.481 e. The van der Waals surface area contributed by atoms with Gasteiger partial charge in [-0.1, -0.05) is 0 Å². The predicted molar refractivity (Wildman–Crippen MR) is 54.2 cm³/mol. The second-order valence-electron chi connectivity index (χ2n) is 3.19. The normalized spacial score (nSPS) is 11.7. The molecule has 0 aromatic heterocycles. The van der Waals surface area contributed by atoms with Crippen molar-refractivity contribution in [2.24, 2.45) is 5.73 Å². The van der Waals surface area contributed by atoms with Crippen molar-refractivity contribution < 1.29 is 23.1 Å². The van der Waals surface area contributed by atoms with Gasteiger partial charge in [0.25, 0.3) is 5.91 Å². The number of amides is 3. The summed E-state index contributed by atoms with van der Waals surface area (Å²) >= 11 is 0. The van der Waals surface area contributed by atoms with Crippen molar-refractivity contribution in [3.05, 3.63) is 29.8 Å². The van der Waals surface area contributed by atoms with Gasteiger partial charge >= 0.3 is 6.03 Å². The molecule has 0 spiro atoms. The summed E-state index contributed by atoms with van der Waals surface area (Å²) in [4.78, 5) is 21.6. The smallest absolute Gasteiger partial charge is 0.318 e. The van der Waals surface area contributed by atoms with Gasteiger partial charge in [-0.05, 0) is 19.1 Å². The van der Waals surface area contributed by atoms with E-state index in [0.29, 0.717) is 0 Å². The Balaban J connectivity index is 2.67. The Bertz CT molecular complexity index is 451. The lowest BCUT2D eigenvalue weighted by Gasteiger charge is -2.13. The molecule has 3 N–H and O–H groups in total. The average molecular weight is 244 g/mol. The molecule has 0 aliphatic heterocycles. The SMILES string of the molecule is C[C@@H](Oc1ccc(F)c(F)c1)C(=O)NC(N)=O. The van der Waals surface area contributed by atoms with Crippen molar-refractivity contribution in [3.8, 4) is 5.75 Å². The molecule has 1 aromatic carbocycles. The minimum Gasteiger partial charge on any atom is -0.481 e. The van der Waals surface area contributed by atoms with Crippen LogP contribution in [-0.4, -0.2) is 18.0 Å². The highest BCUT2D eigenvalue weighted by atomic mass is 19.2. The van der Waals surface area contributed by atoms with E-state index in [0.717, 1.165) is 18.2 Å². The molecule has 1 atom stereocenters. The van der Waals surface area contributed by atoms with Gasteiger partial charge in [0.2, 0.25) is 0 Å². The number of nitrogens with one attached hydrogen (secondary N) is 1. The Morgan fingerprint density at radius 3 is 2.53 bits per heavy atom. The summed E-state index contributed by atoms with van der Waals surface area (Å²) in [6.45, 7) is 1.33. The zero-order valence-electron chi connectivity index (χ0n) is 8.87. The van der Waals surface area contributed by atoms with E-state index >= 15 is 0 Å². The van der Waals surface area contributed by atoms with E-state index in [-0.39, 0.29) is 5.75 Å². The topological polar surface area (TPSA) is 81.4 Å². The molecule has 0 unspecified atom stereocenters. The van der Waals surface area contributed by atoms with E-state index in [4.69, 9.17) is 10.5 Å². The third-order valence-corrected chi connectivity index (χ3v) is 1.82. The Morgan fingerprint density at radius 1 is 1.35 bits per heavy atom. The van der Waals surface area contributed by atoms with Crippen molar-refractivity contribution in [1.82, 2.24) is 5.32 Å². The Kier molecular flexibility index (Phi) is 3.97. The molecule has 0 saturated carbocycles. The molecule has 17 heavy (non-hydrogen) atoms. The Labute approximate surface area is 95.5 Å². The molecule has 0 fully saturated rings. The first-order valence-corrected chi connectivity index (χ1v) is 4.62. The lowest BCUT2D eigenvalue weighted by molar-refractivity contribution is -0.126. The van der Waals surface area contributed by atoms with Crippen LogP contribution in [-0.2, 0) is 4.79 Å². The number of halogens is 2. The van der Waals surface area contributed by atoms with Crippen LogP contribution in [0.4, 0.5) is 13.6 Å². The highest BCUT2D eigenvalue weighted by Gasteiger charge is 2.16. The number of ether oxygens (including phenoxy) is 1. The van der Waals surface area contributed by atoms with Crippen LogP contribution in [0.5, 0.6) is 5.75 Å². The fourth-order valence-corrected chi connectivity index (χ4v) is 1.03. The number of carbonyl (C=O) groups excluding carboxylic acids is 2. The van der Waals surface area contributed by atoms with Crippen molar-refractivity contribution >= 4 is 11.9 Å². The van der Waals surface area contributed by atoms with Crippen LogP contribution < -0.4 is 15.8 Å². The molecular formula is C10H10F2N2O3. The number of carbonyl (C=O) groups is 2. The van der Waals surface area contributed by atoms with Crippen molar-refractivity contribution in [3.63, 3.8) is 0 Å². The number of urea groups is 1. The average Bonchev–Trinajstić information content (AvgIpc) is 2.22. The van der Waals surface area contributed by atoms with E-state index in [1.807, 2.05) is 0 Å². The van der Waals surface area contributed by atoms with Gasteiger partial charge in [0.05, 0.1) is 0 Å². The molecule has 0 bridgehead atoms. The van der Waals surface area contributed by atoms with Gasteiger partial charge in [-0.15, -0.1) is 0 Å². The van der Waals surface area contributed by atoms with Crippen LogP contribution in [0.1, 0.15) is 6.92 Å². The van der Waals surface area contributed by atoms with E-state index in [1.165, 1.54) is 6.92 Å². The highest BCUT2D eigenvalue weighted by Crippen LogP contribution is 2.16. The number of primary amides is 1. The van der Waals surface area contributed by atoms with Gasteiger partial charge in [0.15, 0.2) is 17.7 Å². The van der Waals surface area contributed by atoms with Gasteiger partial charge in [0, 0.05) is 6.07 Å². The Hall–Kier alpha value is -2.18. The highest BCUT2D eigenvalue weighted by molar-refractivity contribution is 5.95. The summed E-state index contributed by atoms with van der Waals surface area (Å²) in [6, 6.07) is 1.80. The molecule has 92 valence electrons. The fraction of sp³-hybridized carbons (Fsp3) is 0.200. The Morgan fingerprint density at radius 2 is 2.00 bits per heavy atom. The summed E-state index contributed by atoms with van der Waals surface area (Å²) in [7, 11) is 0. The van der Waals surface area contributed by atoms with Crippen molar-refractivity contribution in [1.29, 1.82) is 0 Å². The molecular weight excluding hydrogens is 234 g/mol. The number of imide groups is 1. The van der Waals surface area contributed by atoms with E-state index in [1.54, 1.807) is 5.32 Å². The number of benzene rings is 1. The summed E-state index contributed by atoms with van der Waals surface area (Å²) in [6.07, 6.45) is -1.06. The minimum absolute atomic E-state index is 0.0315. The number of hydrogen-bond acceptors (Lipinski definition) is 3. The summed E-state index contributed by atoms with van der Waals surface area (Å²) in [5.74, 6) is -2.92. The molecule has 7 heteroatoms. The first-order valence-electron chi connectivity index (χ1n) is 4.62. The fourth-order valence-electron chi connectivity index (χ4n) is 1.03. The monoisotopic (exact) mass is 244 g/mol. The van der Waals surface area contributed by atoms with Crippen molar-refractivity contribution in [2.75, 3.05) is 0 Å². The lowest BCUT2D eigenvalue weighted by Crippen LogP contribution is -2.42. The first-order chi connectivity index (χ1) is 7.90. The third kappa shape index (κ3) is 3.71. The lowest BCUT2D eigenvalue weighted by atomic mass is 10.3. The minimum atomic E-state index is -1.09. The molecule has 0 aliphatic rings. The van der Waals surface area contributed by atoms with Gasteiger partial charge in [-0.25, -0.2) is 13.6 Å². The zero-order valence-corrected chi connectivity index (χ0v) is 8.87. The number of rotatable bonds is 3. The molecule has 1 rings (SSSR count). The number of hydrogen-bond donors (Lipinski definition) is 2. The van der Waals surface area contributed by atoms with Crippen LogP contribution in [0.15, 0.2) is 18.2 Å². The van der Waals surface area contributed by atoms with Gasteiger partial charge in [-0.3, -0.25) is 10.1 Å². The third-order valence-electron chi connectivity index (χ3n) is 1.82. The zero-order chi connectivity index (χ0) is 13.0. The molecule has 0 saturated heterocycles. The predicted octanol–water partition coefficient (Wildman–Crippen LogP) is 0.927. The van der Waals surface area contributed by atoms with Gasteiger partial charge in [0.1, 0.15) is 5.75 Å². The van der Waals surface area contributed by atoms with Crippen LogP contribution in [0.2, 0.25) is 0 Å². The summed E-state index contributed by atoms with van der Waals surface area (Å²) < 4.78 is 30.4. The maximum atomic E-state index is 12.8. The summed E-state index contributed by atoms with van der Waals surface area (Å²) in [5.41, 5.74) is 4.73. The van der Waals surface area contributed by atoms with E-state index in [9.17, 15) is 18.4 Å². The van der Waals surface area contributed by atoms with Crippen molar-refractivity contribution in [2.45, 2.75) is 13.0 Å². The molecule has 1 aromatic rings. The molecule has 0 radical (unpaired) electrons. The standard InChI is InChI=1S/C10H10F2N2O3/c1-5(9(15)14-10(13)16)17-6-2-3-7(11)8(12)4-6/h2-5H,1H3,(H3,13,14,15,16)/t5-/m1/s1. The molecule has 5 nitrogen and oxygen atoms in total. The maximum absolute atomic E-state index is 12.8. The van der Waals surface area contributed by atoms with Crippen LogP contribution in [0, 0.1) is 11.6 Å². The second-order valence-corrected chi connectivity index (χ2v) is 3.19. The summed E-state index contributed by atoms with van der Waals surface area (Å²) in [5, 5.41) is 1.80. The molecule has 3 amide bonds. The quantitative estimate of drug-likeness (QED) is 0.829. The van der Waals surface area contributed by atoms with Crippen LogP contribution in [0.25, 0.3) is 0 Å². The van der Waals surface area contributed by atoms with Gasteiger partial charge < -0.3 is 10.5 Å². The van der Waals surface area contributed by atoms with Crippen LogP contribution >= 0.6 is 0 Å². The first kappa shape index (κ1) is 12.9.